The summed E-state index contributed by atoms with van der Waals surface area (Å²) in [6.07, 6.45) is 0.0536. The third-order valence-electron chi connectivity index (χ3n) is 4.49. The zero-order chi connectivity index (χ0) is 22.6. The number of hydrogen-bond acceptors (Lipinski definition) is 4. The number of anilines is 2. The number of hydrogen-bond donors (Lipinski definition) is 2. The van der Waals surface area contributed by atoms with Crippen LogP contribution >= 0.6 is 0 Å². The number of carbonyl (C=O) groups is 1. The third-order valence-corrected chi connectivity index (χ3v) is 5.87. The van der Waals surface area contributed by atoms with E-state index in [9.17, 15) is 13.2 Å². The van der Waals surface area contributed by atoms with Gasteiger partial charge in [-0.2, -0.15) is 0 Å². The van der Waals surface area contributed by atoms with Gasteiger partial charge in [-0.05, 0) is 87.4 Å². The van der Waals surface area contributed by atoms with Gasteiger partial charge in [-0.15, -0.1) is 0 Å². The van der Waals surface area contributed by atoms with Crippen molar-refractivity contribution in [2.75, 3.05) is 10.0 Å². The van der Waals surface area contributed by atoms with Crippen LogP contribution in [0.2, 0.25) is 0 Å². The van der Waals surface area contributed by atoms with Crippen molar-refractivity contribution in [3.63, 3.8) is 0 Å². The minimum Gasteiger partial charge on any atom is -0.491 e. The number of sulfonamides is 1. The van der Waals surface area contributed by atoms with E-state index in [0.717, 1.165) is 16.9 Å². The fourth-order valence-electron chi connectivity index (χ4n) is 3.04. The van der Waals surface area contributed by atoms with E-state index < -0.39 is 15.9 Å². The summed E-state index contributed by atoms with van der Waals surface area (Å²) in [5.74, 6) is 0.328. The quantitative estimate of drug-likeness (QED) is 0.535. The second-order valence-electron chi connectivity index (χ2n) is 7.60. The average molecular weight is 439 g/mol. The molecule has 0 atom stereocenters. The van der Waals surface area contributed by atoms with Crippen LogP contribution in [0.1, 0.15) is 35.3 Å². The van der Waals surface area contributed by atoms with Gasteiger partial charge in [-0.3, -0.25) is 9.52 Å². The second kappa shape index (κ2) is 9.22. The molecule has 162 valence electrons. The molecule has 0 bridgehead atoms. The van der Waals surface area contributed by atoms with Crippen LogP contribution in [0.3, 0.4) is 0 Å². The molecule has 3 rings (SSSR count). The summed E-state index contributed by atoms with van der Waals surface area (Å²) in [4.78, 5) is 12.8. The van der Waals surface area contributed by atoms with Crippen molar-refractivity contribution in [3.05, 3.63) is 83.4 Å². The SMILES string of the molecule is Cc1cccc(NS(=O)(=O)c2cccc(C(=O)Nc3ccc(OC(C)C)cc3C)c2)c1. The van der Waals surface area contributed by atoms with Crippen LogP contribution in [-0.2, 0) is 10.0 Å². The highest BCUT2D eigenvalue weighted by atomic mass is 32.2. The monoisotopic (exact) mass is 438 g/mol. The molecule has 0 radical (unpaired) electrons. The molecule has 6 nitrogen and oxygen atoms in total. The Hall–Kier alpha value is -3.32. The minimum atomic E-state index is -3.83. The van der Waals surface area contributed by atoms with Gasteiger partial charge in [0.15, 0.2) is 0 Å². The van der Waals surface area contributed by atoms with E-state index in [-0.39, 0.29) is 16.6 Å². The van der Waals surface area contributed by atoms with Crippen LogP contribution in [0.25, 0.3) is 0 Å². The highest BCUT2D eigenvalue weighted by molar-refractivity contribution is 7.92. The summed E-state index contributed by atoms with van der Waals surface area (Å²) in [6.45, 7) is 7.64. The van der Waals surface area contributed by atoms with Crippen LogP contribution in [0.15, 0.2) is 71.6 Å². The normalized spacial score (nSPS) is 11.3. The maximum absolute atomic E-state index is 12.8. The van der Waals surface area contributed by atoms with Gasteiger partial charge >= 0.3 is 0 Å². The summed E-state index contributed by atoms with van der Waals surface area (Å²) in [5, 5.41) is 2.83. The van der Waals surface area contributed by atoms with Crippen molar-refractivity contribution >= 4 is 27.3 Å². The highest BCUT2D eigenvalue weighted by Crippen LogP contribution is 2.23. The first-order valence-corrected chi connectivity index (χ1v) is 11.4. The van der Waals surface area contributed by atoms with Gasteiger partial charge in [0.1, 0.15) is 5.75 Å². The maximum Gasteiger partial charge on any atom is 0.261 e. The van der Waals surface area contributed by atoms with E-state index in [4.69, 9.17) is 4.74 Å². The zero-order valence-electron chi connectivity index (χ0n) is 18.0. The Kier molecular flexibility index (Phi) is 6.65. The predicted molar refractivity (Wildman–Crippen MR) is 123 cm³/mol. The van der Waals surface area contributed by atoms with E-state index in [2.05, 4.69) is 10.0 Å². The molecule has 7 heteroatoms. The molecule has 0 aliphatic rings. The van der Waals surface area contributed by atoms with E-state index in [0.29, 0.717) is 11.4 Å². The largest absolute Gasteiger partial charge is 0.491 e. The number of amides is 1. The van der Waals surface area contributed by atoms with Gasteiger partial charge in [-0.1, -0.05) is 18.2 Å². The van der Waals surface area contributed by atoms with Crippen LogP contribution < -0.4 is 14.8 Å². The zero-order valence-corrected chi connectivity index (χ0v) is 18.8. The predicted octanol–water partition coefficient (Wildman–Crippen LogP) is 5.14. The Bertz CT molecular complexity index is 1200. The number of benzene rings is 3. The number of carbonyl (C=O) groups excluding carboxylic acids is 1. The molecule has 0 saturated carbocycles. The molecule has 0 unspecified atom stereocenters. The lowest BCUT2D eigenvalue weighted by Gasteiger charge is -2.14. The third kappa shape index (κ3) is 5.86. The summed E-state index contributed by atoms with van der Waals surface area (Å²) >= 11 is 0. The molecular weight excluding hydrogens is 412 g/mol. The van der Waals surface area contributed by atoms with Crippen LogP contribution in [-0.4, -0.2) is 20.4 Å². The molecule has 3 aromatic rings. The van der Waals surface area contributed by atoms with Crippen molar-refractivity contribution < 1.29 is 17.9 Å². The maximum atomic E-state index is 12.8. The molecule has 0 spiro atoms. The van der Waals surface area contributed by atoms with E-state index in [1.807, 2.05) is 39.8 Å². The lowest BCUT2D eigenvalue weighted by Crippen LogP contribution is -2.16. The first-order chi connectivity index (χ1) is 14.6. The summed E-state index contributed by atoms with van der Waals surface area (Å²) in [6, 6.07) is 18.4. The Morgan fingerprint density at radius 3 is 2.35 bits per heavy atom. The molecule has 0 aliphatic carbocycles. The Balaban J connectivity index is 1.78. The molecular formula is C24H26N2O4S. The molecule has 0 heterocycles. The molecule has 0 saturated heterocycles. The van der Waals surface area contributed by atoms with E-state index in [1.165, 1.54) is 12.1 Å². The molecule has 31 heavy (non-hydrogen) atoms. The second-order valence-corrected chi connectivity index (χ2v) is 9.28. The Morgan fingerprint density at radius 2 is 1.68 bits per heavy atom. The molecule has 0 aliphatic heterocycles. The number of ether oxygens (including phenoxy) is 1. The molecule has 0 fully saturated rings. The first-order valence-electron chi connectivity index (χ1n) is 9.92. The summed E-state index contributed by atoms with van der Waals surface area (Å²) in [7, 11) is -3.83. The summed E-state index contributed by atoms with van der Waals surface area (Å²) < 4.78 is 33.7. The van der Waals surface area contributed by atoms with Gasteiger partial charge in [0.05, 0.1) is 11.0 Å². The van der Waals surface area contributed by atoms with Crippen molar-refractivity contribution in [1.82, 2.24) is 0 Å². The van der Waals surface area contributed by atoms with Gasteiger partial charge in [0, 0.05) is 16.9 Å². The van der Waals surface area contributed by atoms with Gasteiger partial charge in [0.2, 0.25) is 0 Å². The van der Waals surface area contributed by atoms with Crippen molar-refractivity contribution in [1.29, 1.82) is 0 Å². The van der Waals surface area contributed by atoms with E-state index >= 15 is 0 Å². The molecule has 2 N–H and O–H groups in total. The smallest absolute Gasteiger partial charge is 0.261 e. The van der Waals surface area contributed by atoms with Gasteiger partial charge in [-0.25, -0.2) is 8.42 Å². The Labute approximate surface area is 183 Å². The van der Waals surface area contributed by atoms with Crippen molar-refractivity contribution in [2.24, 2.45) is 0 Å². The molecule has 1 amide bonds. The van der Waals surface area contributed by atoms with Crippen LogP contribution in [0.4, 0.5) is 11.4 Å². The fourth-order valence-corrected chi connectivity index (χ4v) is 4.14. The van der Waals surface area contributed by atoms with Gasteiger partial charge < -0.3 is 10.1 Å². The van der Waals surface area contributed by atoms with Crippen molar-refractivity contribution in [3.8, 4) is 5.75 Å². The fraction of sp³-hybridized carbons (Fsp3) is 0.208. The lowest BCUT2D eigenvalue weighted by molar-refractivity contribution is 0.102. The molecule has 0 aromatic heterocycles. The summed E-state index contributed by atoms with van der Waals surface area (Å²) in [5.41, 5.74) is 3.13. The van der Waals surface area contributed by atoms with E-state index in [1.54, 1.807) is 42.5 Å². The minimum absolute atomic E-state index is 0.0130. The van der Waals surface area contributed by atoms with Crippen molar-refractivity contribution in [2.45, 2.75) is 38.7 Å². The molecule has 3 aromatic carbocycles. The standard InChI is InChI=1S/C24H26N2O4S/c1-16(2)30-21-11-12-23(18(4)14-21)25-24(27)19-8-6-10-22(15-19)31(28,29)26-20-9-5-7-17(3)13-20/h5-16,26H,1-4H3,(H,25,27). The van der Waals surface area contributed by atoms with Crippen LogP contribution in [0, 0.1) is 13.8 Å². The topological polar surface area (TPSA) is 84.5 Å². The number of rotatable bonds is 7. The first kappa shape index (κ1) is 22.4. The Morgan fingerprint density at radius 1 is 0.935 bits per heavy atom. The average Bonchev–Trinajstić information content (AvgIpc) is 2.69. The number of aryl methyl sites for hydroxylation is 2. The number of nitrogens with one attached hydrogen (secondary N) is 2. The van der Waals surface area contributed by atoms with Crippen LogP contribution in [0.5, 0.6) is 5.75 Å². The highest BCUT2D eigenvalue weighted by Gasteiger charge is 2.17. The van der Waals surface area contributed by atoms with Gasteiger partial charge in [0.25, 0.3) is 15.9 Å². The lowest BCUT2D eigenvalue weighted by atomic mass is 10.1.